The molecular weight excluding hydrogens is 269 g/mol. The summed E-state index contributed by atoms with van der Waals surface area (Å²) in [6, 6.07) is 4.25. The molecule has 1 aromatic carbocycles. The van der Waals surface area contributed by atoms with Crippen LogP contribution in [0.1, 0.15) is 15.9 Å². The van der Waals surface area contributed by atoms with Gasteiger partial charge in [0.25, 0.3) is 5.91 Å². The third-order valence-corrected chi connectivity index (χ3v) is 2.83. The lowest BCUT2D eigenvalue weighted by Gasteiger charge is -2.07. The van der Waals surface area contributed by atoms with E-state index in [9.17, 15) is 9.18 Å². The molecule has 0 bridgehead atoms. The van der Waals surface area contributed by atoms with E-state index in [2.05, 4.69) is 10.4 Å². The molecule has 1 aromatic heterocycles. The molecule has 2 rings (SSSR count). The Balaban J connectivity index is 2.13. The highest BCUT2D eigenvalue weighted by atomic mass is 35.5. The van der Waals surface area contributed by atoms with E-state index >= 15 is 0 Å². The summed E-state index contributed by atoms with van der Waals surface area (Å²) in [6.07, 6.45) is 3.06. The highest BCUT2D eigenvalue weighted by molar-refractivity contribution is 6.17. The van der Waals surface area contributed by atoms with Gasteiger partial charge in [0.1, 0.15) is 5.82 Å². The zero-order valence-corrected chi connectivity index (χ0v) is 11.1. The quantitative estimate of drug-likeness (QED) is 0.876. The highest BCUT2D eigenvalue weighted by Crippen LogP contribution is 2.17. The molecule has 2 aromatic rings. The maximum Gasteiger partial charge on any atom is 0.258 e. The minimum atomic E-state index is -0.390. The Hall–Kier alpha value is -1.88. The summed E-state index contributed by atoms with van der Waals surface area (Å²) in [7, 11) is 0. The molecular formula is C13H13ClFN3O. The average molecular weight is 282 g/mol. The van der Waals surface area contributed by atoms with Gasteiger partial charge in [-0.05, 0) is 24.6 Å². The van der Waals surface area contributed by atoms with Crippen molar-refractivity contribution in [1.82, 2.24) is 9.78 Å². The van der Waals surface area contributed by atoms with Crippen LogP contribution in [0.3, 0.4) is 0 Å². The number of aryl methyl sites for hydroxylation is 2. The third-order valence-electron chi connectivity index (χ3n) is 2.66. The Labute approximate surface area is 115 Å². The van der Waals surface area contributed by atoms with Gasteiger partial charge in [0.05, 0.1) is 18.3 Å². The van der Waals surface area contributed by atoms with Crippen LogP contribution in [0.2, 0.25) is 0 Å². The number of alkyl halides is 1. The van der Waals surface area contributed by atoms with Gasteiger partial charge in [0.15, 0.2) is 0 Å². The topological polar surface area (TPSA) is 46.9 Å². The fourth-order valence-corrected chi connectivity index (χ4v) is 1.79. The molecule has 1 amide bonds. The second-order valence-electron chi connectivity index (χ2n) is 4.09. The van der Waals surface area contributed by atoms with Crippen LogP contribution in [-0.2, 0) is 6.54 Å². The van der Waals surface area contributed by atoms with Gasteiger partial charge in [-0.3, -0.25) is 9.48 Å². The molecule has 0 aliphatic heterocycles. The number of hydrogen-bond acceptors (Lipinski definition) is 2. The lowest BCUT2D eigenvalue weighted by molar-refractivity contribution is 0.102. The van der Waals surface area contributed by atoms with Crippen molar-refractivity contribution in [2.45, 2.75) is 13.5 Å². The van der Waals surface area contributed by atoms with E-state index in [1.807, 2.05) is 0 Å². The van der Waals surface area contributed by atoms with Gasteiger partial charge in [-0.15, -0.1) is 11.6 Å². The molecule has 0 saturated carbocycles. The fourth-order valence-electron chi connectivity index (χ4n) is 1.61. The summed E-state index contributed by atoms with van der Waals surface area (Å²) >= 11 is 5.59. The first kappa shape index (κ1) is 13.5. The summed E-state index contributed by atoms with van der Waals surface area (Å²) in [5.74, 6) is -0.292. The van der Waals surface area contributed by atoms with E-state index in [-0.39, 0.29) is 5.91 Å². The van der Waals surface area contributed by atoms with Gasteiger partial charge >= 0.3 is 0 Å². The molecule has 6 heteroatoms. The summed E-state index contributed by atoms with van der Waals surface area (Å²) in [5, 5.41) is 6.66. The highest BCUT2D eigenvalue weighted by Gasteiger charge is 2.10. The monoisotopic (exact) mass is 281 g/mol. The average Bonchev–Trinajstić information content (AvgIpc) is 2.83. The van der Waals surface area contributed by atoms with Crippen LogP contribution < -0.4 is 5.32 Å². The van der Waals surface area contributed by atoms with Gasteiger partial charge in [0.2, 0.25) is 0 Å². The molecule has 19 heavy (non-hydrogen) atoms. The molecule has 0 fully saturated rings. The molecule has 0 spiro atoms. The Kier molecular flexibility index (Phi) is 4.16. The smallest absolute Gasteiger partial charge is 0.258 e. The van der Waals surface area contributed by atoms with E-state index < -0.39 is 5.82 Å². The van der Waals surface area contributed by atoms with Crippen LogP contribution in [-0.4, -0.2) is 21.6 Å². The largest absolute Gasteiger partial charge is 0.322 e. The molecule has 0 radical (unpaired) electrons. The van der Waals surface area contributed by atoms with Gasteiger partial charge < -0.3 is 5.32 Å². The molecule has 1 heterocycles. The zero-order valence-electron chi connectivity index (χ0n) is 10.4. The number of rotatable bonds is 4. The number of nitrogens with zero attached hydrogens (tertiary/aromatic N) is 2. The predicted octanol–water partition coefficient (Wildman–Crippen LogP) is 2.82. The Morgan fingerprint density at radius 2 is 2.32 bits per heavy atom. The normalized spacial score (nSPS) is 10.5. The minimum absolute atomic E-state index is 0.325. The molecule has 100 valence electrons. The Morgan fingerprint density at radius 3 is 3.05 bits per heavy atom. The predicted molar refractivity (Wildman–Crippen MR) is 72.0 cm³/mol. The van der Waals surface area contributed by atoms with Crippen molar-refractivity contribution >= 4 is 23.2 Å². The number of halogens is 2. The number of anilines is 1. The maximum absolute atomic E-state index is 13.1. The number of aromatic nitrogens is 2. The van der Waals surface area contributed by atoms with Crippen molar-refractivity contribution in [2.24, 2.45) is 0 Å². The van der Waals surface area contributed by atoms with Crippen molar-refractivity contribution in [3.63, 3.8) is 0 Å². The minimum Gasteiger partial charge on any atom is -0.322 e. The number of hydrogen-bond donors (Lipinski definition) is 1. The number of carbonyl (C=O) groups is 1. The molecule has 0 atom stereocenters. The van der Waals surface area contributed by atoms with E-state index in [0.717, 1.165) is 5.56 Å². The molecule has 0 aliphatic rings. The number of benzene rings is 1. The van der Waals surface area contributed by atoms with E-state index in [1.54, 1.807) is 23.9 Å². The van der Waals surface area contributed by atoms with E-state index in [0.29, 0.717) is 23.7 Å². The SMILES string of the molecule is Cc1ccc(F)cc1NC(=O)c1cnn(CCCl)c1. The van der Waals surface area contributed by atoms with Crippen molar-refractivity contribution < 1.29 is 9.18 Å². The van der Waals surface area contributed by atoms with Gasteiger partial charge in [0, 0.05) is 17.8 Å². The number of carbonyl (C=O) groups excluding carboxylic acids is 1. The lowest BCUT2D eigenvalue weighted by atomic mass is 10.2. The van der Waals surface area contributed by atoms with Crippen molar-refractivity contribution in [3.8, 4) is 0 Å². The summed E-state index contributed by atoms with van der Waals surface area (Å²) < 4.78 is 14.7. The van der Waals surface area contributed by atoms with Gasteiger partial charge in [-0.2, -0.15) is 5.10 Å². The molecule has 4 nitrogen and oxygen atoms in total. The lowest BCUT2D eigenvalue weighted by Crippen LogP contribution is -2.12. The maximum atomic E-state index is 13.1. The van der Waals surface area contributed by atoms with Crippen LogP contribution in [0, 0.1) is 12.7 Å². The summed E-state index contributed by atoms with van der Waals surface area (Å²) in [6.45, 7) is 2.33. The standard InChI is InChI=1S/C13H13ClFN3O/c1-9-2-3-11(15)6-12(9)17-13(19)10-7-16-18(8-10)5-4-14/h2-3,6-8H,4-5H2,1H3,(H,17,19). The third kappa shape index (κ3) is 3.32. The van der Waals surface area contributed by atoms with Crippen molar-refractivity contribution in [1.29, 1.82) is 0 Å². The van der Waals surface area contributed by atoms with Crippen LogP contribution in [0.4, 0.5) is 10.1 Å². The van der Waals surface area contributed by atoms with Crippen LogP contribution in [0.15, 0.2) is 30.6 Å². The van der Waals surface area contributed by atoms with Gasteiger partial charge in [-0.1, -0.05) is 6.07 Å². The number of nitrogens with one attached hydrogen (secondary N) is 1. The molecule has 0 aliphatic carbocycles. The van der Waals surface area contributed by atoms with E-state index in [1.165, 1.54) is 18.3 Å². The Bertz CT molecular complexity index is 597. The second kappa shape index (κ2) is 5.84. The zero-order chi connectivity index (χ0) is 13.8. The van der Waals surface area contributed by atoms with E-state index in [4.69, 9.17) is 11.6 Å². The van der Waals surface area contributed by atoms with Crippen LogP contribution in [0.25, 0.3) is 0 Å². The summed E-state index contributed by atoms with van der Waals surface area (Å²) in [4.78, 5) is 12.0. The fraction of sp³-hybridized carbons (Fsp3) is 0.231. The first-order chi connectivity index (χ1) is 9.10. The first-order valence-corrected chi connectivity index (χ1v) is 6.29. The summed E-state index contributed by atoms with van der Waals surface area (Å²) in [5.41, 5.74) is 1.66. The van der Waals surface area contributed by atoms with Gasteiger partial charge in [-0.25, -0.2) is 4.39 Å². The molecule has 0 saturated heterocycles. The second-order valence-corrected chi connectivity index (χ2v) is 4.47. The van der Waals surface area contributed by atoms with Crippen LogP contribution >= 0.6 is 11.6 Å². The first-order valence-electron chi connectivity index (χ1n) is 5.76. The van der Waals surface area contributed by atoms with Crippen molar-refractivity contribution in [2.75, 3.05) is 11.2 Å². The molecule has 1 N–H and O–H groups in total. The Morgan fingerprint density at radius 1 is 1.53 bits per heavy atom. The molecule has 0 unspecified atom stereocenters. The number of amides is 1. The van der Waals surface area contributed by atoms with Crippen molar-refractivity contribution in [3.05, 3.63) is 47.5 Å². The van der Waals surface area contributed by atoms with Crippen LogP contribution in [0.5, 0.6) is 0 Å².